The predicted molar refractivity (Wildman–Crippen MR) is 52.0 cm³/mol. The summed E-state index contributed by atoms with van der Waals surface area (Å²) in [6.45, 7) is 3.16. The van der Waals surface area contributed by atoms with E-state index >= 15 is 0 Å². The largest absolute Gasteiger partial charge is 0.509 e. The van der Waals surface area contributed by atoms with Crippen LogP contribution in [0.5, 0.6) is 0 Å². The van der Waals surface area contributed by atoms with E-state index in [1.54, 1.807) is 0 Å². The molecule has 2 heterocycles. The van der Waals surface area contributed by atoms with Crippen LogP contribution in [-0.4, -0.2) is 50.3 Å². The van der Waals surface area contributed by atoms with Crippen molar-refractivity contribution in [3.8, 4) is 0 Å². The van der Waals surface area contributed by atoms with Crippen molar-refractivity contribution in [3.05, 3.63) is 12.7 Å². The highest BCUT2D eigenvalue weighted by Gasteiger charge is 2.55. The molecule has 6 nitrogen and oxygen atoms in total. The molecule has 0 aromatic rings. The van der Waals surface area contributed by atoms with Gasteiger partial charge in [0, 0.05) is 0 Å². The molecule has 0 aromatic heterocycles. The molecular formula is C10H11F3O6. The number of halogens is 3. The van der Waals surface area contributed by atoms with Gasteiger partial charge in [-0.15, -0.1) is 6.58 Å². The van der Waals surface area contributed by atoms with Crippen LogP contribution in [-0.2, 0) is 23.7 Å². The Morgan fingerprint density at radius 2 is 1.95 bits per heavy atom. The maximum Gasteiger partial charge on any atom is 0.509 e. The summed E-state index contributed by atoms with van der Waals surface area (Å²) in [5.41, 5.74) is 0. The molecule has 0 aromatic carbocycles. The standard InChI is InChI=1S/C10H11F3O6/c1-2-3-15-7-8(19-7)16-4-5-6(10(11,12)13)18-9(14)17-5/h2,5-8H,1,3-4H2. The third-order valence-corrected chi connectivity index (χ3v) is 2.35. The van der Waals surface area contributed by atoms with Gasteiger partial charge in [-0.3, -0.25) is 0 Å². The van der Waals surface area contributed by atoms with Gasteiger partial charge in [0.05, 0.1) is 13.2 Å². The van der Waals surface area contributed by atoms with Crippen LogP contribution in [0.4, 0.5) is 18.0 Å². The molecule has 19 heavy (non-hydrogen) atoms. The van der Waals surface area contributed by atoms with E-state index in [2.05, 4.69) is 16.1 Å². The summed E-state index contributed by atoms with van der Waals surface area (Å²) in [4.78, 5) is 10.7. The van der Waals surface area contributed by atoms with Crippen LogP contribution in [0.15, 0.2) is 12.7 Å². The maximum absolute atomic E-state index is 12.5. The molecule has 0 N–H and O–H groups in total. The molecule has 0 saturated carbocycles. The first-order valence-electron chi connectivity index (χ1n) is 5.35. The molecule has 108 valence electrons. The highest BCUT2D eigenvalue weighted by molar-refractivity contribution is 5.62. The zero-order valence-corrected chi connectivity index (χ0v) is 9.59. The van der Waals surface area contributed by atoms with Gasteiger partial charge in [-0.25, -0.2) is 4.79 Å². The molecule has 0 radical (unpaired) electrons. The third-order valence-electron chi connectivity index (χ3n) is 2.35. The van der Waals surface area contributed by atoms with Gasteiger partial charge < -0.3 is 23.7 Å². The lowest BCUT2D eigenvalue weighted by Crippen LogP contribution is -2.40. The highest BCUT2D eigenvalue weighted by Crippen LogP contribution is 2.33. The van der Waals surface area contributed by atoms with Crippen LogP contribution >= 0.6 is 0 Å². The number of rotatable bonds is 6. The average Bonchev–Trinajstić information content (AvgIpc) is 2.96. The lowest BCUT2D eigenvalue weighted by atomic mass is 10.2. The van der Waals surface area contributed by atoms with Gasteiger partial charge in [0.15, 0.2) is 6.10 Å². The molecule has 2 saturated heterocycles. The van der Waals surface area contributed by atoms with Crippen LogP contribution in [0.3, 0.4) is 0 Å². The van der Waals surface area contributed by atoms with Crippen molar-refractivity contribution in [2.75, 3.05) is 13.2 Å². The van der Waals surface area contributed by atoms with Gasteiger partial charge in [-0.05, 0) is 0 Å². The van der Waals surface area contributed by atoms with E-state index in [1.165, 1.54) is 6.08 Å². The Kier molecular flexibility index (Phi) is 3.97. The monoisotopic (exact) mass is 284 g/mol. The lowest BCUT2D eigenvalue weighted by molar-refractivity contribution is -0.208. The highest BCUT2D eigenvalue weighted by atomic mass is 19.4. The van der Waals surface area contributed by atoms with E-state index in [9.17, 15) is 18.0 Å². The molecule has 0 bridgehead atoms. The molecule has 2 aliphatic heterocycles. The molecule has 0 spiro atoms. The zero-order valence-electron chi connectivity index (χ0n) is 9.59. The van der Waals surface area contributed by atoms with Crippen LogP contribution in [0.1, 0.15) is 0 Å². The number of carbonyl (C=O) groups is 1. The fourth-order valence-corrected chi connectivity index (χ4v) is 1.47. The molecule has 2 fully saturated rings. The number of epoxide rings is 1. The van der Waals surface area contributed by atoms with Crippen LogP contribution < -0.4 is 0 Å². The van der Waals surface area contributed by atoms with E-state index in [1.807, 2.05) is 0 Å². The molecule has 4 atom stereocenters. The van der Waals surface area contributed by atoms with Crippen molar-refractivity contribution in [3.63, 3.8) is 0 Å². The van der Waals surface area contributed by atoms with E-state index in [4.69, 9.17) is 14.2 Å². The molecule has 9 heteroatoms. The van der Waals surface area contributed by atoms with Crippen molar-refractivity contribution < 1.29 is 41.7 Å². The first kappa shape index (κ1) is 14.1. The summed E-state index contributed by atoms with van der Waals surface area (Å²) in [5, 5.41) is 0. The first-order chi connectivity index (χ1) is 8.91. The number of alkyl halides is 3. The normalized spacial score (nSPS) is 33.7. The zero-order chi connectivity index (χ0) is 14.0. The number of cyclic esters (lactones) is 2. The van der Waals surface area contributed by atoms with E-state index in [0.29, 0.717) is 0 Å². The molecule has 2 aliphatic rings. The van der Waals surface area contributed by atoms with Gasteiger partial charge in [0.25, 0.3) is 0 Å². The first-order valence-corrected chi connectivity index (χ1v) is 5.35. The second kappa shape index (κ2) is 5.35. The minimum Gasteiger partial charge on any atom is -0.424 e. The second-order valence-corrected chi connectivity index (χ2v) is 3.81. The summed E-state index contributed by atoms with van der Waals surface area (Å²) >= 11 is 0. The third kappa shape index (κ3) is 3.58. The van der Waals surface area contributed by atoms with Gasteiger partial charge in [0.2, 0.25) is 18.7 Å². The topological polar surface area (TPSA) is 66.5 Å². The Hall–Kier alpha value is -1.32. The quantitative estimate of drug-likeness (QED) is 0.417. The minimum atomic E-state index is -4.71. The summed E-state index contributed by atoms with van der Waals surface area (Å²) in [5.74, 6) is 0. The van der Waals surface area contributed by atoms with E-state index < -0.39 is 43.7 Å². The summed E-state index contributed by atoms with van der Waals surface area (Å²) in [7, 11) is 0. The fraction of sp³-hybridized carbons (Fsp3) is 0.700. The average molecular weight is 284 g/mol. The molecule has 0 amide bonds. The smallest absolute Gasteiger partial charge is 0.424 e. The van der Waals surface area contributed by atoms with Crippen molar-refractivity contribution in [1.29, 1.82) is 0 Å². The Morgan fingerprint density at radius 1 is 1.26 bits per heavy atom. The summed E-state index contributed by atoms with van der Waals surface area (Å²) < 4.78 is 60.7. The lowest BCUT2D eigenvalue weighted by Gasteiger charge is -2.17. The second-order valence-electron chi connectivity index (χ2n) is 3.81. The molecular weight excluding hydrogens is 273 g/mol. The SMILES string of the molecule is C=CCOC1OC1OCC1OC(=O)OC1C(F)(F)F. The van der Waals surface area contributed by atoms with Crippen molar-refractivity contribution in [2.45, 2.75) is 31.0 Å². The van der Waals surface area contributed by atoms with Crippen molar-refractivity contribution >= 4 is 6.16 Å². The number of hydrogen-bond donors (Lipinski definition) is 0. The Balaban J connectivity index is 1.76. The number of hydrogen-bond acceptors (Lipinski definition) is 6. The predicted octanol–water partition coefficient (Wildman–Crippen LogP) is 1.35. The van der Waals surface area contributed by atoms with Crippen molar-refractivity contribution in [1.82, 2.24) is 0 Å². The van der Waals surface area contributed by atoms with Gasteiger partial charge in [-0.2, -0.15) is 13.2 Å². The van der Waals surface area contributed by atoms with Crippen LogP contribution in [0.2, 0.25) is 0 Å². The number of ether oxygens (including phenoxy) is 5. The minimum absolute atomic E-state index is 0.233. The van der Waals surface area contributed by atoms with Gasteiger partial charge in [-0.1, -0.05) is 6.08 Å². The van der Waals surface area contributed by atoms with Gasteiger partial charge in [0.1, 0.15) is 0 Å². The van der Waals surface area contributed by atoms with Crippen molar-refractivity contribution in [2.24, 2.45) is 0 Å². The van der Waals surface area contributed by atoms with Crippen LogP contribution in [0, 0.1) is 0 Å². The fourth-order valence-electron chi connectivity index (χ4n) is 1.47. The summed E-state index contributed by atoms with van der Waals surface area (Å²) in [6, 6.07) is 0. The molecule has 0 aliphatic carbocycles. The molecule has 2 rings (SSSR count). The Morgan fingerprint density at radius 3 is 2.58 bits per heavy atom. The van der Waals surface area contributed by atoms with Crippen LogP contribution in [0.25, 0.3) is 0 Å². The van der Waals surface area contributed by atoms with E-state index in [0.717, 1.165) is 0 Å². The maximum atomic E-state index is 12.5. The molecule has 4 unspecified atom stereocenters. The Bertz CT molecular complexity index is 358. The summed E-state index contributed by atoms with van der Waals surface area (Å²) in [6.07, 6.45) is -9.86. The van der Waals surface area contributed by atoms with Gasteiger partial charge >= 0.3 is 12.3 Å². The number of carbonyl (C=O) groups excluding carboxylic acids is 1. The van der Waals surface area contributed by atoms with E-state index in [-0.39, 0.29) is 6.61 Å². The Labute approximate surface area is 106 Å².